The molecule has 1 amide bonds. The average molecular weight is 391 g/mol. The maximum Gasteiger partial charge on any atom is 0.255 e. The first-order chi connectivity index (χ1) is 12.9. The Kier molecular flexibility index (Phi) is 5.88. The summed E-state index contributed by atoms with van der Waals surface area (Å²) in [6.07, 6.45) is 0.591. The van der Waals surface area contributed by atoms with Gasteiger partial charge in [-0.25, -0.2) is 17.5 Å². The molecule has 144 valence electrons. The zero-order chi connectivity index (χ0) is 19.4. The molecule has 0 radical (unpaired) electrons. The molecule has 27 heavy (non-hydrogen) atoms. The van der Waals surface area contributed by atoms with Gasteiger partial charge in [0.15, 0.2) is 0 Å². The van der Waals surface area contributed by atoms with Gasteiger partial charge in [0.25, 0.3) is 5.91 Å². The highest BCUT2D eigenvalue weighted by Gasteiger charge is 2.18. The standard InChI is InChI=1S/C19H22FN3O3S/c1-2-27(25,26)22-11-13-3-5-14(6-4-13)19(24)23-17-8-7-15-12-21-10-9-16(15)18(17)20/h3-8,21-22H,2,9-12H2,1H3,(H,23,24). The van der Waals surface area contributed by atoms with E-state index < -0.39 is 15.9 Å². The normalized spacial score (nSPS) is 13.9. The number of anilines is 1. The number of fused-ring (bicyclic) bond motifs is 1. The predicted octanol–water partition coefficient (Wildman–Crippen LogP) is 2.16. The third kappa shape index (κ3) is 4.71. The molecule has 8 heteroatoms. The molecular weight excluding hydrogens is 369 g/mol. The average Bonchev–Trinajstić information content (AvgIpc) is 2.69. The first kappa shape index (κ1) is 19.5. The minimum atomic E-state index is -3.27. The summed E-state index contributed by atoms with van der Waals surface area (Å²) in [5.41, 5.74) is 2.83. The number of carbonyl (C=O) groups is 1. The quantitative estimate of drug-likeness (QED) is 0.704. The van der Waals surface area contributed by atoms with Crippen molar-refractivity contribution in [1.29, 1.82) is 0 Å². The van der Waals surface area contributed by atoms with Crippen LogP contribution in [0.1, 0.15) is 34.0 Å². The Morgan fingerprint density at radius 1 is 1.19 bits per heavy atom. The van der Waals surface area contributed by atoms with E-state index in [9.17, 15) is 17.6 Å². The molecule has 0 bridgehead atoms. The molecule has 2 aromatic rings. The van der Waals surface area contributed by atoms with Crippen molar-refractivity contribution in [2.45, 2.75) is 26.4 Å². The highest BCUT2D eigenvalue weighted by molar-refractivity contribution is 7.89. The molecule has 6 nitrogen and oxygen atoms in total. The molecule has 3 N–H and O–H groups in total. The number of rotatable bonds is 6. The lowest BCUT2D eigenvalue weighted by atomic mass is 9.99. The molecule has 0 saturated carbocycles. The third-order valence-corrected chi connectivity index (χ3v) is 5.89. The van der Waals surface area contributed by atoms with Crippen molar-refractivity contribution in [2.24, 2.45) is 0 Å². The summed E-state index contributed by atoms with van der Waals surface area (Å²) < 4.78 is 40.0. The van der Waals surface area contributed by atoms with Crippen molar-refractivity contribution >= 4 is 21.6 Å². The molecule has 1 aliphatic rings. The topological polar surface area (TPSA) is 87.3 Å². The molecule has 0 fully saturated rings. The second-order valence-corrected chi connectivity index (χ2v) is 8.46. The minimum absolute atomic E-state index is 0.00982. The fourth-order valence-corrected chi connectivity index (χ4v) is 3.48. The number of benzene rings is 2. The maximum atomic E-state index is 14.6. The summed E-state index contributed by atoms with van der Waals surface area (Å²) in [5, 5.41) is 5.80. The minimum Gasteiger partial charge on any atom is -0.319 e. The zero-order valence-corrected chi connectivity index (χ0v) is 15.8. The van der Waals surface area contributed by atoms with Gasteiger partial charge in [0.2, 0.25) is 10.0 Å². The number of sulfonamides is 1. The van der Waals surface area contributed by atoms with E-state index in [4.69, 9.17) is 0 Å². The SMILES string of the molecule is CCS(=O)(=O)NCc1ccc(C(=O)Nc2ccc3c(c2F)CCNC3)cc1. The predicted molar refractivity (Wildman–Crippen MR) is 103 cm³/mol. The van der Waals surface area contributed by atoms with Crippen LogP contribution in [-0.4, -0.2) is 26.6 Å². The number of hydrogen-bond donors (Lipinski definition) is 3. The zero-order valence-electron chi connectivity index (χ0n) is 15.0. The van der Waals surface area contributed by atoms with E-state index in [1.165, 1.54) is 0 Å². The van der Waals surface area contributed by atoms with Crippen LogP contribution < -0.4 is 15.4 Å². The van der Waals surface area contributed by atoms with Crippen molar-refractivity contribution in [3.05, 3.63) is 64.5 Å². The van der Waals surface area contributed by atoms with E-state index in [0.29, 0.717) is 30.6 Å². The summed E-state index contributed by atoms with van der Waals surface area (Å²) in [6.45, 7) is 3.06. The molecule has 0 atom stereocenters. The lowest BCUT2D eigenvalue weighted by Gasteiger charge is -2.19. The van der Waals surface area contributed by atoms with Crippen molar-refractivity contribution < 1.29 is 17.6 Å². The Morgan fingerprint density at radius 2 is 1.93 bits per heavy atom. The van der Waals surface area contributed by atoms with Gasteiger partial charge in [-0.1, -0.05) is 18.2 Å². The van der Waals surface area contributed by atoms with Crippen LogP contribution >= 0.6 is 0 Å². The van der Waals surface area contributed by atoms with Crippen LogP contribution in [0.3, 0.4) is 0 Å². The van der Waals surface area contributed by atoms with Gasteiger partial charge in [0.1, 0.15) is 5.82 Å². The van der Waals surface area contributed by atoms with Crippen LogP contribution in [-0.2, 0) is 29.5 Å². The Balaban J connectivity index is 1.68. The van der Waals surface area contributed by atoms with E-state index in [1.807, 2.05) is 6.07 Å². The van der Waals surface area contributed by atoms with Crippen LogP contribution in [0.5, 0.6) is 0 Å². The van der Waals surface area contributed by atoms with E-state index in [1.54, 1.807) is 37.3 Å². The number of carbonyl (C=O) groups excluding carboxylic acids is 1. The largest absolute Gasteiger partial charge is 0.319 e. The van der Waals surface area contributed by atoms with E-state index in [-0.39, 0.29) is 23.8 Å². The molecule has 1 heterocycles. The number of halogens is 1. The Labute approximate surface area is 158 Å². The smallest absolute Gasteiger partial charge is 0.255 e. The van der Waals surface area contributed by atoms with Gasteiger partial charge in [0.05, 0.1) is 11.4 Å². The van der Waals surface area contributed by atoms with Crippen LogP contribution in [0.15, 0.2) is 36.4 Å². The van der Waals surface area contributed by atoms with Gasteiger partial charge in [-0.3, -0.25) is 4.79 Å². The van der Waals surface area contributed by atoms with Gasteiger partial charge in [-0.2, -0.15) is 0 Å². The van der Waals surface area contributed by atoms with Crippen LogP contribution in [0.2, 0.25) is 0 Å². The van der Waals surface area contributed by atoms with Crippen molar-refractivity contribution in [3.63, 3.8) is 0 Å². The van der Waals surface area contributed by atoms with Gasteiger partial charge < -0.3 is 10.6 Å². The number of nitrogens with one attached hydrogen (secondary N) is 3. The number of hydrogen-bond acceptors (Lipinski definition) is 4. The molecule has 0 aliphatic carbocycles. The van der Waals surface area contributed by atoms with E-state index in [2.05, 4.69) is 15.4 Å². The van der Waals surface area contributed by atoms with Crippen molar-refractivity contribution in [1.82, 2.24) is 10.0 Å². The molecule has 0 saturated heterocycles. The molecule has 1 aliphatic heterocycles. The Hall–Kier alpha value is -2.29. The summed E-state index contributed by atoms with van der Waals surface area (Å²) in [5.74, 6) is -0.785. The summed E-state index contributed by atoms with van der Waals surface area (Å²) in [4.78, 5) is 12.4. The van der Waals surface area contributed by atoms with Gasteiger partial charge >= 0.3 is 0 Å². The van der Waals surface area contributed by atoms with Crippen LogP contribution in [0, 0.1) is 5.82 Å². The second kappa shape index (κ2) is 8.16. The van der Waals surface area contributed by atoms with Gasteiger partial charge in [-0.05, 0) is 54.8 Å². The lowest BCUT2D eigenvalue weighted by molar-refractivity contribution is 0.102. The molecule has 0 aromatic heterocycles. The third-order valence-electron chi connectivity index (χ3n) is 4.55. The molecule has 3 rings (SSSR count). The number of amides is 1. The van der Waals surface area contributed by atoms with Crippen molar-refractivity contribution in [2.75, 3.05) is 17.6 Å². The van der Waals surface area contributed by atoms with E-state index >= 15 is 0 Å². The maximum absolute atomic E-state index is 14.6. The first-order valence-electron chi connectivity index (χ1n) is 8.78. The highest BCUT2D eigenvalue weighted by atomic mass is 32.2. The first-order valence-corrected chi connectivity index (χ1v) is 10.4. The van der Waals surface area contributed by atoms with Crippen LogP contribution in [0.4, 0.5) is 10.1 Å². The fourth-order valence-electron chi connectivity index (χ4n) is 2.89. The van der Waals surface area contributed by atoms with Gasteiger partial charge in [0, 0.05) is 18.7 Å². The summed E-state index contributed by atoms with van der Waals surface area (Å²) >= 11 is 0. The second-order valence-electron chi connectivity index (χ2n) is 6.37. The highest BCUT2D eigenvalue weighted by Crippen LogP contribution is 2.25. The monoisotopic (exact) mass is 391 g/mol. The molecule has 0 unspecified atom stereocenters. The van der Waals surface area contributed by atoms with E-state index in [0.717, 1.165) is 11.1 Å². The van der Waals surface area contributed by atoms with Gasteiger partial charge in [-0.15, -0.1) is 0 Å². The molecule has 2 aromatic carbocycles. The van der Waals surface area contributed by atoms with Crippen LogP contribution in [0.25, 0.3) is 0 Å². The Morgan fingerprint density at radius 3 is 2.63 bits per heavy atom. The molecule has 0 spiro atoms. The van der Waals surface area contributed by atoms with Crippen molar-refractivity contribution in [3.8, 4) is 0 Å². The lowest BCUT2D eigenvalue weighted by Crippen LogP contribution is -2.25. The fraction of sp³-hybridized carbons (Fsp3) is 0.316. The summed E-state index contributed by atoms with van der Waals surface area (Å²) in [6, 6.07) is 9.91. The molecular formula is C19H22FN3O3S. The summed E-state index contributed by atoms with van der Waals surface area (Å²) in [7, 11) is -3.27. The Bertz CT molecular complexity index is 943.